The zero-order valence-electron chi connectivity index (χ0n) is 8.81. The average molecular weight is 219 g/mol. The third-order valence-corrected chi connectivity index (χ3v) is 2.87. The Morgan fingerprint density at radius 3 is 3.25 bits per heavy atom. The summed E-state index contributed by atoms with van der Waals surface area (Å²) in [4.78, 5) is 15.3. The molecule has 2 aromatic rings. The Labute approximate surface area is 91.7 Å². The van der Waals surface area contributed by atoms with Gasteiger partial charge in [-0.3, -0.25) is 0 Å². The Hall–Kier alpha value is -1.85. The zero-order valence-corrected chi connectivity index (χ0v) is 8.81. The molecule has 1 saturated carbocycles. The molecule has 0 aromatic carbocycles. The molecule has 2 heterocycles. The molecule has 0 bridgehead atoms. The van der Waals surface area contributed by atoms with Gasteiger partial charge in [-0.15, -0.1) is 0 Å². The van der Waals surface area contributed by atoms with Gasteiger partial charge in [0.15, 0.2) is 5.65 Å². The van der Waals surface area contributed by atoms with Crippen molar-refractivity contribution < 1.29 is 0 Å². The van der Waals surface area contributed by atoms with E-state index in [1.54, 1.807) is 6.07 Å². The highest BCUT2D eigenvalue weighted by Gasteiger charge is 2.20. The number of H-pyrrole nitrogens is 1. The van der Waals surface area contributed by atoms with Crippen molar-refractivity contribution in [3.8, 4) is 0 Å². The second-order valence-electron chi connectivity index (χ2n) is 4.19. The first-order chi connectivity index (χ1) is 7.83. The van der Waals surface area contributed by atoms with E-state index in [9.17, 15) is 4.79 Å². The van der Waals surface area contributed by atoms with Crippen molar-refractivity contribution in [1.29, 1.82) is 0 Å². The van der Waals surface area contributed by atoms with Crippen LogP contribution in [0.4, 0.5) is 5.82 Å². The lowest BCUT2D eigenvalue weighted by atomic mass is 10.3. The molecule has 1 fully saturated rings. The number of rotatable bonds is 4. The predicted molar refractivity (Wildman–Crippen MR) is 59.4 cm³/mol. The minimum absolute atomic E-state index is 0.257. The number of aromatic nitrogens is 4. The second kappa shape index (κ2) is 3.62. The molecule has 6 heteroatoms. The lowest BCUT2D eigenvalue weighted by Crippen LogP contribution is -2.10. The van der Waals surface area contributed by atoms with E-state index in [1.165, 1.54) is 30.0 Å². The van der Waals surface area contributed by atoms with E-state index in [2.05, 4.69) is 20.5 Å². The summed E-state index contributed by atoms with van der Waals surface area (Å²) >= 11 is 0. The van der Waals surface area contributed by atoms with Crippen LogP contribution < -0.4 is 11.0 Å². The van der Waals surface area contributed by atoms with Crippen LogP contribution >= 0.6 is 0 Å². The molecule has 0 amide bonds. The number of aromatic amines is 1. The van der Waals surface area contributed by atoms with Crippen molar-refractivity contribution in [1.82, 2.24) is 19.6 Å². The summed E-state index contributed by atoms with van der Waals surface area (Å²) in [5, 5.41) is 9.49. The van der Waals surface area contributed by atoms with E-state index in [4.69, 9.17) is 0 Å². The van der Waals surface area contributed by atoms with Crippen LogP contribution in [0.3, 0.4) is 0 Å². The molecule has 6 nitrogen and oxygen atoms in total. The Bertz CT molecular complexity index is 554. The Kier molecular flexibility index (Phi) is 2.12. The lowest BCUT2D eigenvalue weighted by molar-refractivity contribution is 0.758. The molecule has 16 heavy (non-hydrogen) atoms. The highest BCUT2D eigenvalue weighted by atomic mass is 16.1. The number of hydrogen-bond acceptors (Lipinski definition) is 4. The molecule has 1 aliphatic carbocycles. The van der Waals surface area contributed by atoms with E-state index >= 15 is 0 Å². The van der Waals surface area contributed by atoms with Gasteiger partial charge in [0.05, 0.1) is 0 Å². The fourth-order valence-corrected chi connectivity index (χ4v) is 1.72. The third kappa shape index (κ3) is 1.78. The summed E-state index contributed by atoms with van der Waals surface area (Å²) in [5.41, 5.74) is 0.334. The molecule has 3 rings (SSSR count). The SMILES string of the molecule is O=c1[nH]nc2cc(NCCC3CC3)ncn12. The smallest absolute Gasteiger partial charge is 0.348 e. The van der Waals surface area contributed by atoms with Gasteiger partial charge < -0.3 is 5.32 Å². The normalized spacial score (nSPS) is 15.5. The summed E-state index contributed by atoms with van der Waals surface area (Å²) in [5.74, 6) is 1.68. The van der Waals surface area contributed by atoms with Gasteiger partial charge in [0.25, 0.3) is 0 Å². The summed E-state index contributed by atoms with van der Waals surface area (Å²) in [6, 6.07) is 1.77. The van der Waals surface area contributed by atoms with Gasteiger partial charge in [-0.1, -0.05) is 12.8 Å². The summed E-state index contributed by atoms with van der Waals surface area (Å²) < 4.78 is 1.38. The van der Waals surface area contributed by atoms with Gasteiger partial charge in [-0.2, -0.15) is 5.10 Å². The van der Waals surface area contributed by atoms with Crippen LogP contribution in [-0.2, 0) is 0 Å². The Balaban J connectivity index is 1.73. The molecule has 0 aliphatic heterocycles. The maximum atomic E-state index is 11.2. The van der Waals surface area contributed by atoms with E-state index in [0.29, 0.717) is 5.65 Å². The largest absolute Gasteiger partial charge is 0.370 e. The van der Waals surface area contributed by atoms with Crippen molar-refractivity contribution in [2.24, 2.45) is 5.92 Å². The van der Waals surface area contributed by atoms with Gasteiger partial charge in [0.1, 0.15) is 12.1 Å². The monoisotopic (exact) mass is 219 g/mol. The maximum Gasteiger partial charge on any atom is 0.348 e. The highest BCUT2D eigenvalue weighted by molar-refractivity contribution is 5.48. The topological polar surface area (TPSA) is 75.1 Å². The van der Waals surface area contributed by atoms with Gasteiger partial charge in [-0.25, -0.2) is 19.3 Å². The highest BCUT2D eigenvalue weighted by Crippen LogP contribution is 2.31. The fraction of sp³-hybridized carbons (Fsp3) is 0.500. The minimum Gasteiger partial charge on any atom is -0.370 e. The number of fused-ring (bicyclic) bond motifs is 1. The molecule has 0 unspecified atom stereocenters. The van der Waals surface area contributed by atoms with E-state index in [0.717, 1.165) is 18.3 Å². The quantitative estimate of drug-likeness (QED) is 0.790. The molecule has 2 aromatic heterocycles. The number of hydrogen-bond donors (Lipinski definition) is 2. The molecule has 1 aliphatic rings. The van der Waals surface area contributed by atoms with Gasteiger partial charge >= 0.3 is 5.69 Å². The molecule has 0 radical (unpaired) electrons. The van der Waals surface area contributed by atoms with Crippen LogP contribution in [0.1, 0.15) is 19.3 Å². The number of nitrogens with zero attached hydrogens (tertiary/aromatic N) is 3. The summed E-state index contributed by atoms with van der Waals surface area (Å²) in [7, 11) is 0. The maximum absolute atomic E-state index is 11.2. The first-order valence-corrected chi connectivity index (χ1v) is 5.49. The fourth-order valence-electron chi connectivity index (χ4n) is 1.72. The zero-order chi connectivity index (χ0) is 11.0. The van der Waals surface area contributed by atoms with Crippen LogP contribution in [0.5, 0.6) is 0 Å². The second-order valence-corrected chi connectivity index (χ2v) is 4.19. The molecule has 2 N–H and O–H groups in total. The van der Waals surface area contributed by atoms with Crippen molar-refractivity contribution in [2.75, 3.05) is 11.9 Å². The summed E-state index contributed by atoms with van der Waals surface area (Å²) in [6.07, 6.45) is 5.41. The number of anilines is 1. The van der Waals surface area contributed by atoms with Gasteiger partial charge in [0.2, 0.25) is 0 Å². The lowest BCUT2D eigenvalue weighted by Gasteiger charge is -2.03. The Morgan fingerprint density at radius 1 is 1.56 bits per heavy atom. The summed E-state index contributed by atoms with van der Waals surface area (Å²) in [6.45, 7) is 0.933. The average Bonchev–Trinajstić information content (AvgIpc) is 3.04. The third-order valence-electron chi connectivity index (χ3n) is 2.87. The van der Waals surface area contributed by atoms with Crippen molar-refractivity contribution in [3.05, 3.63) is 22.9 Å². The van der Waals surface area contributed by atoms with Crippen molar-refractivity contribution in [3.63, 3.8) is 0 Å². The van der Waals surface area contributed by atoms with Crippen molar-refractivity contribution >= 4 is 11.5 Å². The molecule has 0 atom stereocenters. The molecule has 84 valence electrons. The first-order valence-electron chi connectivity index (χ1n) is 5.49. The molecular formula is C10H13N5O. The van der Waals surface area contributed by atoms with Crippen molar-refractivity contribution in [2.45, 2.75) is 19.3 Å². The van der Waals surface area contributed by atoms with Crippen LogP contribution in [-0.4, -0.2) is 26.1 Å². The molecule has 0 spiro atoms. The van der Waals surface area contributed by atoms with Crippen LogP contribution in [0.2, 0.25) is 0 Å². The number of nitrogens with one attached hydrogen (secondary N) is 2. The van der Waals surface area contributed by atoms with Gasteiger partial charge in [-0.05, 0) is 12.3 Å². The van der Waals surface area contributed by atoms with E-state index < -0.39 is 0 Å². The van der Waals surface area contributed by atoms with Gasteiger partial charge in [0, 0.05) is 12.6 Å². The molecular weight excluding hydrogens is 206 g/mol. The predicted octanol–water partition coefficient (Wildman–Crippen LogP) is 0.630. The van der Waals surface area contributed by atoms with E-state index in [1.807, 2.05) is 0 Å². The Morgan fingerprint density at radius 2 is 2.44 bits per heavy atom. The standard InChI is InChI=1S/C10H13N5O/c16-10-14-13-9-5-8(12-6-15(9)10)11-4-3-7-1-2-7/h5-7,11H,1-4H2,(H,14,16). The van der Waals surface area contributed by atoms with E-state index in [-0.39, 0.29) is 5.69 Å². The minimum atomic E-state index is -0.257. The van der Waals surface area contributed by atoms with Crippen LogP contribution in [0.25, 0.3) is 5.65 Å². The first kappa shape index (κ1) is 9.38. The van der Waals surface area contributed by atoms with Crippen LogP contribution in [0.15, 0.2) is 17.2 Å². The molecule has 0 saturated heterocycles. The van der Waals surface area contributed by atoms with Crippen LogP contribution in [0, 0.1) is 5.92 Å².